The van der Waals surface area contributed by atoms with Crippen molar-refractivity contribution in [2.75, 3.05) is 18.4 Å². The fourth-order valence-corrected chi connectivity index (χ4v) is 5.28. The van der Waals surface area contributed by atoms with Gasteiger partial charge in [0.05, 0.1) is 17.5 Å². The van der Waals surface area contributed by atoms with Crippen LogP contribution in [0.3, 0.4) is 0 Å². The Morgan fingerprint density at radius 2 is 2.08 bits per heavy atom. The molecule has 3 amide bonds. The van der Waals surface area contributed by atoms with E-state index in [0.29, 0.717) is 30.8 Å². The normalized spacial score (nSPS) is 20.2. The van der Waals surface area contributed by atoms with Gasteiger partial charge in [0.1, 0.15) is 5.60 Å². The van der Waals surface area contributed by atoms with Gasteiger partial charge in [-0.3, -0.25) is 14.6 Å². The van der Waals surface area contributed by atoms with Crippen molar-refractivity contribution in [3.63, 3.8) is 0 Å². The number of H-pyrrole nitrogens is 1. The zero-order chi connectivity index (χ0) is 27.3. The third kappa shape index (κ3) is 4.89. The van der Waals surface area contributed by atoms with Crippen LogP contribution in [0.1, 0.15) is 66.7 Å². The van der Waals surface area contributed by atoms with Crippen molar-refractivity contribution < 1.29 is 19.1 Å². The van der Waals surface area contributed by atoms with Crippen LogP contribution in [-0.2, 0) is 9.53 Å². The number of rotatable bonds is 4. The van der Waals surface area contributed by atoms with Crippen LogP contribution in [0.4, 0.5) is 10.5 Å². The zero-order valence-electron chi connectivity index (χ0n) is 22.1. The van der Waals surface area contributed by atoms with Gasteiger partial charge >= 0.3 is 6.09 Å². The molecule has 0 radical (unpaired) electrons. The molecule has 0 spiro atoms. The molecule has 1 saturated carbocycles. The van der Waals surface area contributed by atoms with Crippen LogP contribution in [0, 0.1) is 5.92 Å². The molecule has 39 heavy (non-hydrogen) atoms. The lowest BCUT2D eigenvalue weighted by Gasteiger charge is -2.29. The number of aromatic amines is 1. The number of pyridine rings is 1. The smallest absolute Gasteiger partial charge is 0.410 e. The zero-order valence-corrected chi connectivity index (χ0v) is 22.1. The third-order valence-electron chi connectivity index (χ3n) is 7.23. The van der Waals surface area contributed by atoms with Crippen molar-refractivity contribution in [1.29, 1.82) is 0 Å². The molecule has 2 aromatic heterocycles. The van der Waals surface area contributed by atoms with E-state index in [1.165, 1.54) is 0 Å². The second kappa shape index (κ2) is 9.37. The molecular weight excluding hydrogens is 496 g/mol. The number of hydrazone groups is 1. The lowest BCUT2D eigenvalue weighted by Crippen LogP contribution is -2.39. The van der Waals surface area contributed by atoms with Crippen molar-refractivity contribution >= 4 is 46.3 Å². The van der Waals surface area contributed by atoms with Gasteiger partial charge in [-0.05, 0) is 68.9 Å². The predicted molar refractivity (Wildman–Crippen MR) is 147 cm³/mol. The topological polar surface area (TPSA) is 129 Å². The lowest BCUT2D eigenvalue weighted by atomic mass is 9.98. The standard InChI is InChI=1S/C29H30N6O4/c1-29(2,3)39-28(38)35-9-6-16(7-10-35)25-22-15-31-34-27(37)21-11-18(12-23(33-25)24(21)22)32-26(36)20-13-19(20)17-5-4-8-30-14-17/h4-6,8,11-12,14-15,19-20,33H,7,9-10,13H2,1-3H3,(H,32,36)(H,34,37). The number of carbonyl (C=O) groups is 3. The first kappa shape index (κ1) is 24.8. The molecule has 1 aromatic carbocycles. The Morgan fingerprint density at radius 1 is 1.23 bits per heavy atom. The van der Waals surface area contributed by atoms with E-state index in [0.717, 1.165) is 39.7 Å². The Balaban J connectivity index is 1.27. The molecule has 10 nitrogen and oxygen atoms in total. The Kier molecular flexibility index (Phi) is 5.97. The first-order chi connectivity index (χ1) is 18.7. The van der Waals surface area contributed by atoms with Crippen molar-refractivity contribution in [2.24, 2.45) is 11.0 Å². The largest absolute Gasteiger partial charge is 0.444 e. The molecule has 0 saturated heterocycles. The van der Waals surface area contributed by atoms with E-state index in [-0.39, 0.29) is 29.7 Å². The Hall–Kier alpha value is -4.47. The average molecular weight is 527 g/mol. The van der Waals surface area contributed by atoms with Gasteiger partial charge in [-0.25, -0.2) is 10.2 Å². The van der Waals surface area contributed by atoms with Gasteiger partial charge in [-0.15, -0.1) is 0 Å². The summed E-state index contributed by atoms with van der Waals surface area (Å²) < 4.78 is 5.51. The molecule has 3 aliphatic rings. The highest BCUT2D eigenvalue weighted by molar-refractivity contribution is 6.17. The molecule has 0 bridgehead atoms. The minimum Gasteiger partial charge on any atom is -0.444 e. The number of anilines is 1. The van der Waals surface area contributed by atoms with E-state index in [9.17, 15) is 14.4 Å². The van der Waals surface area contributed by atoms with Crippen LogP contribution < -0.4 is 10.7 Å². The summed E-state index contributed by atoms with van der Waals surface area (Å²) in [5, 5.41) is 7.88. The summed E-state index contributed by atoms with van der Waals surface area (Å²) in [6.45, 7) is 6.47. The van der Waals surface area contributed by atoms with Crippen LogP contribution in [0.5, 0.6) is 0 Å². The summed E-state index contributed by atoms with van der Waals surface area (Å²) in [5.74, 6) is -0.394. The van der Waals surface area contributed by atoms with Crippen molar-refractivity contribution in [1.82, 2.24) is 20.3 Å². The van der Waals surface area contributed by atoms with Crippen LogP contribution >= 0.6 is 0 Å². The Labute approximate surface area is 225 Å². The van der Waals surface area contributed by atoms with Crippen molar-refractivity contribution in [3.8, 4) is 0 Å². The molecule has 2 unspecified atom stereocenters. The monoisotopic (exact) mass is 526 g/mol. The molecule has 3 aromatic rings. The number of aromatic nitrogens is 2. The Bertz CT molecular complexity index is 1550. The maximum atomic E-state index is 13.0. The van der Waals surface area contributed by atoms with Gasteiger partial charge in [0.2, 0.25) is 5.91 Å². The van der Waals surface area contributed by atoms with Crippen LogP contribution in [0.15, 0.2) is 47.8 Å². The second-order valence-electron chi connectivity index (χ2n) is 11.2. The van der Waals surface area contributed by atoms with E-state index in [4.69, 9.17) is 4.74 Å². The van der Waals surface area contributed by atoms with Gasteiger partial charge in [0.25, 0.3) is 5.91 Å². The number of nitrogens with zero attached hydrogens (tertiary/aromatic N) is 3. The van der Waals surface area contributed by atoms with Gasteiger partial charge < -0.3 is 19.9 Å². The number of hydrogen-bond donors (Lipinski definition) is 3. The quantitative estimate of drug-likeness (QED) is 0.464. The summed E-state index contributed by atoms with van der Waals surface area (Å²) in [6, 6.07) is 7.42. The predicted octanol–water partition coefficient (Wildman–Crippen LogP) is 4.41. The molecule has 200 valence electrons. The lowest BCUT2D eigenvalue weighted by molar-refractivity contribution is -0.117. The third-order valence-corrected chi connectivity index (χ3v) is 7.23. The van der Waals surface area contributed by atoms with Gasteiger partial charge in [0.15, 0.2) is 0 Å². The summed E-state index contributed by atoms with van der Waals surface area (Å²) >= 11 is 0. The number of nitrogens with one attached hydrogen (secondary N) is 3. The minimum atomic E-state index is -0.556. The van der Waals surface area contributed by atoms with Crippen LogP contribution in [0.2, 0.25) is 0 Å². The van der Waals surface area contributed by atoms with Gasteiger partial charge in [-0.2, -0.15) is 5.10 Å². The van der Waals surface area contributed by atoms with Gasteiger partial charge in [-0.1, -0.05) is 12.1 Å². The molecule has 6 rings (SSSR count). The summed E-state index contributed by atoms with van der Waals surface area (Å²) in [7, 11) is 0. The second-order valence-corrected chi connectivity index (χ2v) is 11.2. The summed E-state index contributed by atoms with van der Waals surface area (Å²) in [6.07, 6.45) is 8.21. The highest BCUT2D eigenvalue weighted by atomic mass is 16.6. The minimum absolute atomic E-state index is 0.0788. The van der Waals surface area contributed by atoms with E-state index in [1.54, 1.807) is 29.6 Å². The Morgan fingerprint density at radius 3 is 2.79 bits per heavy atom. The molecule has 10 heteroatoms. The summed E-state index contributed by atoms with van der Waals surface area (Å²) in [5.41, 5.74) is 7.44. The number of hydrogen-bond acceptors (Lipinski definition) is 6. The molecular formula is C29H30N6O4. The first-order valence-electron chi connectivity index (χ1n) is 13.1. The molecule has 2 atom stereocenters. The maximum Gasteiger partial charge on any atom is 0.410 e. The average Bonchev–Trinajstić information content (AvgIpc) is 3.66. The van der Waals surface area contributed by atoms with Crippen LogP contribution in [-0.4, -0.2) is 57.7 Å². The highest BCUT2D eigenvalue weighted by Crippen LogP contribution is 2.48. The maximum absolute atomic E-state index is 13.0. The summed E-state index contributed by atoms with van der Waals surface area (Å²) in [4.78, 5) is 47.7. The van der Waals surface area contributed by atoms with E-state index in [1.807, 2.05) is 45.0 Å². The number of carbonyl (C=O) groups excluding carboxylic acids is 3. The van der Waals surface area contributed by atoms with E-state index in [2.05, 4.69) is 25.8 Å². The van der Waals surface area contributed by atoms with Crippen molar-refractivity contribution in [2.45, 2.75) is 45.1 Å². The molecule has 4 heterocycles. The fraction of sp³-hybridized carbons (Fsp3) is 0.345. The first-order valence-corrected chi connectivity index (χ1v) is 13.1. The number of ether oxygens (including phenoxy) is 1. The fourth-order valence-electron chi connectivity index (χ4n) is 5.28. The molecule has 1 aliphatic carbocycles. The molecule has 2 aliphatic heterocycles. The van der Waals surface area contributed by atoms with E-state index < -0.39 is 5.60 Å². The van der Waals surface area contributed by atoms with E-state index >= 15 is 0 Å². The van der Waals surface area contributed by atoms with Crippen LogP contribution in [0.25, 0.3) is 16.5 Å². The van der Waals surface area contributed by atoms with Crippen molar-refractivity contribution in [3.05, 3.63) is 65.1 Å². The van der Waals surface area contributed by atoms with Gasteiger partial charge in [0, 0.05) is 53.6 Å². The molecule has 3 N–H and O–H groups in total. The SMILES string of the molecule is CC(C)(C)OC(=O)N1CC=C(c2[nH]c3cc(NC(=O)C4CC4c4cccnc4)cc4c3c2C=NNC4=O)CC1. The number of benzene rings is 1. The number of amides is 3. The highest BCUT2D eigenvalue weighted by Gasteiger charge is 2.44. The molecule has 1 fully saturated rings.